The second kappa shape index (κ2) is 69.1. The minimum absolute atomic E-state index is 0.362. The molecule has 20 nitrogen and oxygen atoms in total. The number of nitrogens with two attached hydrogens (primary N) is 1. The van der Waals surface area contributed by atoms with Crippen molar-refractivity contribution in [3.8, 4) is 0 Å². The van der Waals surface area contributed by atoms with Gasteiger partial charge in [-0.3, -0.25) is 44.1 Å². The molecule has 11 atom stereocenters. The second-order valence-electron chi connectivity index (χ2n) is 58.0. The third-order valence-electron chi connectivity index (χ3n) is 37.7. The summed E-state index contributed by atoms with van der Waals surface area (Å²) in [6.07, 6.45) is 16.5. The van der Waals surface area contributed by atoms with Crippen molar-refractivity contribution in [1.29, 1.82) is 0 Å². The maximum Gasteiger partial charge on any atom is 0.0474 e. The molecule has 0 radical (unpaired) electrons. The van der Waals surface area contributed by atoms with E-state index in [4.69, 9.17) is 5.73 Å². The first-order valence-corrected chi connectivity index (χ1v) is 63.5. The van der Waals surface area contributed by atoms with E-state index in [0.717, 1.165) is 163 Å². The standard InChI is InChI=1S/C13H26N2.C13H28N2.C12H24N2.C12H26N2.C12H25NO.C12H25N.C11H22N2.2C11H24N2.C11H23N.C10H22N2/c1-11(2)14-7-5-13(9-14)6-8-15(10-13)12(3)4;1-10(2)7-12-8-15(11(3)4)9-13(12)14(5)6;1-9(2)13-5-11-7-14(10(3)4)8-12(11)6-13;1-9(2)6-11-7-14(10(3)4)8-12(11)13-5;1-9(2)5-11-6-13(10(3)4)7-12(11)8-14;1-10(2)8-12(5)6-7-13(9-12)11(3)4;1-8(2)12-6-11-5-10(12)7-13(11)9(3)4;1-8(2)5-10-6-13(9(3)4)7-11(10)12;1-10(2)12-6-5-7-13(9-8-12)11(3)4;2*1-9(2)11-5-7-12(8-6-11)10(3)4/h11-12H,5-10H2,1-4H3;10-13H,7-9H2,1-6H3;9-12H,5-8H2,1-4H3;9-13H,6-8H2,1-5H3;9-12,14H,5-8H2,1-4H3;10-11H,6-9H2,1-5H3;8-11H,5-7H2,1-4H3;8-11H,5-7,12H2,1-4H3;10-11H,5-9H2,1-4H3;9-11H,5-8H2,1-4H3;9-10H,5-8H2,1-4H3. The number of nitrogens with zero attached hydrogens (tertiary/aromatic N) is 17. The van der Waals surface area contributed by atoms with Crippen LogP contribution in [-0.2, 0) is 0 Å². The molecular weight excluding hydrogens is 1820 g/mol. The molecule has 14 aliphatic rings. The van der Waals surface area contributed by atoms with Gasteiger partial charge in [-0.15, -0.1) is 0 Å². The summed E-state index contributed by atoms with van der Waals surface area (Å²) in [6.45, 7) is 142. The van der Waals surface area contributed by atoms with Crippen molar-refractivity contribution >= 4 is 0 Å². The zero-order valence-electron chi connectivity index (χ0n) is 109. The number of likely N-dealkylation sites (tertiary alicyclic amines) is 12. The van der Waals surface area contributed by atoms with Crippen LogP contribution in [0.1, 0.15) is 389 Å². The number of rotatable bonds is 30. The molecule has 0 aliphatic carbocycles. The molecule has 0 aromatic carbocycles. The SMILES string of the molecule is CC(C)C1CCN(C(C)C)CC1.CC(C)CC1(C)CCN(C(C)C)C1.CC(C)CC1CN(C(C)C)CC1CO.CC(C)CC1CN(C(C)C)CC1N.CC(C)CC1CN(C(C)C)CC1N(C)C.CC(C)N1CC2CC1CN2C(C)C.CC(C)N1CC2CN(C(C)C)CC2C1.CC(C)N1CCC2(CCN(C(C)C)C2)C1.CC(C)N1CCCN(C(C)C)CC1.CC(C)N1CCN(C(C)C)CC1.CNC1CN(C(C)C)CC1CC(C)C. The topological polar surface area (TPSA) is 113 Å². The van der Waals surface area contributed by atoms with Crippen LogP contribution in [-0.4, -0.2) is 439 Å². The van der Waals surface area contributed by atoms with Crippen LogP contribution in [0.3, 0.4) is 0 Å². The first-order chi connectivity index (χ1) is 68.9. The summed E-state index contributed by atoms with van der Waals surface area (Å²) < 4.78 is 0. The van der Waals surface area contributed by atoms with E-state index in [-0.39, 0.29) is 0 Å². The molecule has 20 heteroatoms. The number of hydrogen-bond donors (Lipinski definition) is 3. The molecule has 0 aromatic rings. The minimum atomic E-state index is 0.362. The molecule has 882 valence electrons. The Bertz CT molecular complexity index is 3090. The monoisotopic (exact) mass is 2090 g/mol. The zero-order valence-corrected chi connectivity index (χ0v) is 109. The average molecular weight is 2090 g/mol. The van der Waals surface area contributed by atoms with E-state index in [1.165, 1.54) is 260 Å². The first-order valence-electron chi connectivity index (χ1n) is 63.5. The fraction of sp³-hybridized carbons (Fsp3) is 1.00. The molecule has 0 aromatic heterocycles. The number of aliphatic hydroxyl groups excluding tert-OH is 1. The quantitative estimate of drug-likeness (QED) is 0.0633. The van der Waals surface area contributed by atoms with Crippen molar-refractivity contribution < 1.29 is 5.11 Å². The van der Waals surface area contributed by atoms with Crippen molar-refractivity contribution in [2.75, 3.05) is 224 Å². The van der Waals surface area contributed by atoms with Gasteiger partial charge in [-0.25, -0.2) is 0 Å². The van der Waals surface area contributed by atoms with E-state index in [9.17, 15) is 5.11 Å². The first kappa shape index (κ1) is 139. The number of piperidine rings is 1. The maximum atomic E-state index is 9.32. The number of likely N-dealkylation sites (N-methyl/N-ethyl adjacent to an activating group) is 2. The van der Waals surface area contributed by atoms with Crippen LogP contribution in [0.25, 0.3) is 0 Å². The highest BCUT2D eigenvalue weighted by Gasteiger charge is 2.48. The second-order valence-corrected chi connectivity index (χ2v) is 58.0. The van der Waals surface area contributed by atoms with Gasteiger partial charge in [0.1, 0.15) is 0 Å². The number of nitrogens with one attached hydrogen (secondary N) is 1. The van der Waals surface area contributed by atoms with E-state index in [2.05, 4.69) is 421 Å². The van der Waals surface area contributed by atoms with Crippen molar-refractivity contribution in [1.82, 2.24) is 88.6 Å². The molecule has 14 saturated heterocycles. The van der Waals surface area contributed by atoms with Gasteiger partial charge in [-0.1, -0.05) is 90.0 Å². The van der Waals surface area contributed by atoms with E-state index < -0.39 is 0 Å². The predicted molar refractivity (Wildman–Crippen MR) is 653 cm³/mol. The molecule has 14 rings (SSSR count). The Hall–Kier alpha value is -0.800. The van der Waals surface area contributed by atoms with Crippen LogP contribution >= 0.6 is 0 Å². The van der Waals surface area contributed by atoms with Gasteiger partial charge in [-0.2, -0.15) is 0 Å². The Morgan fingerprint density at radius 2 is 0.588 bits per heavy atom. The van der Waals surface area contributed by atoms with Crippen molar-refractivity contribution in [2.24, 2.45) is 99.4 Å². The molecule has 0 amide bonds. The Balaban J connectivity index is 0.000000339. The smallest absolute Gasteiger partial charge is 0.0474 e. The van der Waals surface area contributed by atoms with Gasteiger partial charge in [0, 0.05) is 284 Å². The molecule has 0 saturated carbocycles. The van der Waals surface area contributed by atoms with Gasteiger partial charge < -0.3 is 55.4 Å². The van der Waals surface area contributed by atoms with Gasteiger partial charge in [0.05, 0.1) is 0 Å². The highest BCUT2D eigenvalue weighted by atomic mass is 16.3. The van der Waals surface area contributed by atoms with Gasteiger partial charge in [0.15, 0.2) is 0 Å². The highest BCUT2D eigenvalue weighted by Crippen LogP contribution is 2.43. The molecule has 14 fully saturated rings. The fourth-order valence-corrected chi connectivity index (χ4v) is 27.5. The molecule has 14 heterocycles. The number of aliphatic hydroxyl groups is 1. The van der Waals surface area contributed by atoms with Crippen LogP contribution in [0.5, 0.6) is 0 Å². The van der Waals surface area contributed by atoms with E-state index in [1.54, 1.807) is 0 Å². The molecule has 11 unspecified atom stereocenters. The summed E-state index contributed by atoms with van der Waals surface area (Å²) in [4.78, 5) is 44.1. The van der Waals surface area contributed by atoms with Gasteiger partial charge in [0.2, 0.25) is 0 Å². The molecular formula is C128H269N19O. The van der Waals surface area contributed by atoms with Crippen LogP contribution in [0.4, 0.5) is 0 Å². The van der Waals surface area contributed by atoms with Crippen molar-refractivity contribution in [3.63, 3.8) is 0 Å². The summed E-state index contributed by atoms with van der Waals surface area (Å²) in [6, 6.07) is 15.0. The molecule has 14 aliphatic heterocycles. The van der Waals surface area contributed by atoms with Crippen molar-refractivity contribution in [2.45, 2.75) is 515 Å². The third kappa shape index (κ3) is 49.0. The van der Waals surface area contributed by atoms with Crippen LogP contribution in [0.15, 0.2) is 0 Å². The summed E-state index contributed by atoms with van der Waals surface area (Å²) in [7, 11) is 6.55. The summed E-state index contributed by atoms with van der Waals surface area (Å²) in [5, 5.41) is 12.8. The Labute approximate surface area is 927 Å². The largest absolute Gasteiger partial charge is 0.396 e. The van der Waals surface area contributed by atoms with E-state index in [0.29, 0.717) is 77.6 Å². The lowest BCUT2D eigenvalue weighted by molar-refractivity contribution is 0.0849. The lowest BCUT2D eigenvalue weighted by Crippen LogP contribution is -2.50. The van der Waals surface area contributed by atoms with E-state index >= 15 is 0 Å². The third-order valence-corrected chi connectivity index (χ3v) is 37.7. The van der Waals surface area contributed by atoms with Gasteiger partial charge >= 0.3 is 0 Å². The Kier molecular flexibility index (Phi) is 65.1. The maximum absolute atomic E-state index is 9.32. The fourth-order valence-electron chi connectivity index (χ4n) is 27.5. The minimum Gasteiger partial charge on any atom is -0.396 e. The Morgan fingerprint density at radius 1 is 0.291 bits per heavy atom. The summed E-state index contributed by atoms with van der Waals surface area (Å²) in [5.74, 6) is 11.5. The summed E-state index contributed by atoms with van der Waals surface area (Å²) >= 11 is 0. The average Bonchev–Trinajstić information content (AvgIpc) is 1.62. The zero-order chi connectivity index (χ0) is 112. The predicted octanol–water partition coefficient (Wildman–Crippen LogP) is 22.5. The van der Waals surface area contributed by atoms with Gasteiger partial charge in [0.25, 0.3) is 0 Å². The molecule has 1 spiro atoms. The molecule has 4 N–H and O–H groups in total. The number of fused-ring (bicyclic) bond motifs is 3. The van der Waals surface area contributed by atoms with E-state index in [1.807, 2.05) is 0 Å². The lowest BCUT2D eigenvalue weighted by Gasteiger charge is -2.38. The van der Waals surface area contributed by atoms with Crippen molar-refractivity contribution in [3.05, 3.63) is 0 Å². The molecule has 148 heavy (non-hydrogen) atoms. The number of hydrogen-bond acceptors (Lipinski definition) is 20. The normalized spacial score (nSPS) is 28.7. The Morgan fingerprint density at radius 3 is 0.905 bits per heavy atom. The summed E-state index contributed by atoms with van der Waals surface area (Å²) in [5.41, 5.74) is 7.36. The van der Waals surface area contributed by atoms with Gasteiger partial charge in [-0.05, 0) is 459 Å². The number of piperazine rings is 2. The lowest BCUT2D eigenvalue weighted by atomic mass is 9.81. The van der Waals surface area contributed by atoms with Crippen LogP contribution in [0.2, 0.25) is 0 Å². The molecule has 2 bridgehead atoms. The van der Waals surface area contributed by atoms with Crippen LogP contribution < -0.4 is 11.1 Å². The highest BCUT2D eigenvalue weighted by molar-refractivity contribution is 5.03. The van der Waals surface area contributed by atoms with Crippen LogP contribution in [0, 0.1) is 93.7 Å².